The van der Waals surface area contributed by atoms with Gasteiger partial charge in [-0.25, -0.2) is 4.79 Å². The van der Waals surface area contributed by atoms with Gasteiger partial charge in [0.1, 0.15) is 5.82 Å². The maximum Gasteiger partial charge on any atom is 0.347 e. The lowest BCUT2D eigenvalue weighted by molar-refractivity contribution is 0.120. The first-order valence-corrected chi connectivity index (χ1v) is 6.51. The van der Waals surface area contributed by atoms with Crippen molar-refractivity contribution in [3.05, 3.63) is 21.7 Å². The number of nitrogens with one attached hydrogen (secondary N) is 3. The van der Waals surface area contributed by atoms with E-state index < -0.39 is 0 Å². The average Bonchev–Trinajstić information content (AvgIpc) is 2.89. The van der Waals surface area contributed by atoms with Crippen LogP contribution >= 0.6 is 0 Å². The summed E-state index contributed by atoms with van der Waals surface area (Å²) >= 11 is 0. The molecule has 1 unspecified atom stereocenters. The number of hydrogen-bond donors (Lipinski definition) is 3. The molecule has 3 heterocycles. The van der Waals surface area contributed by atoms with Crippen molar-refractivity contribution in [1.82, 2.24) is 15.3 Å². The second-order valence-electron chi connectivity index (χ2n) is 4.79. The first-order valence-electron chi connectivity index (χ1n) is 6.51. The number of H-pyrrole nitrogens is 1. The summed E-state index contributed by atoms with van der Waals surface area (Å²) in [6.07, 6.45) is 3.30. The molecule has 3 rings (SSSR count). The van der Waals surface area contributed by atoms with E-state index in [1.54, 1.807) is 0 Å². The predicted octanol–water partition coefficient (Wildman–Crippen LogP) is 0.00650. The summed E-state index contributed by atoms with van der Waals surface area (Å²) in [4.78, 5) is 18.3. The standard InChI is InChI=1S/C12H18N4O2/c17-12-15-10-3-4-13-7-9(10)11(16-12)14-6-8-2-1-5-18-8/h8,13H,1-7H2,(H2,14,15,16,17). The Kier molecular flexibility index (Phi) is 3.29. The zero-order chi connectivity index (χ0) is 12.4. The smallest absolute Gasteiger partial charge is 0.347 e. The van der Waals surface area contributed by atoms with Crippen molar-refractivity contribution in [3.63, 3.8) is 0 Å². The van der Waals surface area contributed by atoms with Crippen molar-refractivity contribution in [2.75, 3.05) is 25.0 Å². The van der Waals surface area contributed by atoms with Gasteiger partial charge in [0.05, 0.1) is 6.10 Å². The van der Waals surface area contributed by atoms with Gasteiger partial charge < -0.3 is 20.4 Å². The highest BCUT2D eigenvalue weighted by molar-refractivity contribution is 5.46. The zero-order valence-corrected chi connectivity index (χ0v) is 10.3. The van der Waals surface area contributed by atoms with E-state index in [4.69, 9.17) is 4.74 Å². The SMILES string of the molecule is O=c1nc(NCC2CCCO2)c2c([nH]1)CCNC2. The Morgan fingerprint density at radius 2 is 2.44 bits per heavy atom. The highest BCUT2D eigenvalue weighted by atomic mass is 16.5. The molecule has 1 aromatic rings. The number of aromatic amines is 1. The van der Waals surface area contributed by atoms with Crippen LogP contribution in [0.15, 0.2) is 4.79 Å². The van der Waals surface area contributed by atoms with Gasteiger partial charge in [-0.3, -0.25) is 0 Å². The van der Waals surface area contributed by atoms with E-state index in [2.05, 4.69) is 20.6 Å². The molecule has 2 aliphatic heterocycles. The molecule has 0 saturated carbocycles. The van der Waals surface area contributed by atoms with Crippen LogP contribution in [0.5, 0.6) is 0 Å². The number of anilines is 1. The molecule has 0 bridgehead atoms. The van der Waals surface area contributed by atoms with E-state index in [0.29, 0.717) is 5.82 Å². The molecule has 1 saturated heterocycles. The Bertz CT molecular complexity index is 479. The predicted molar refractivity (Wildman–Crippen MR) is 67.7 cm³/mol. The molecule has 1 atom stereocenters. The average molecular weight is 250 g/mol. The van der Waals surface area contributed by atoms with E-state index in [0.717, 1.165) is 56.8 Å². The lowest BCUT2D eigenvalue weighted by Crippen LogP contribution is -2.31. The van der Waals surface area contributed by atoms with Crippen molar-refractivity contribution in [3.8, 4) is 0 Å². The quantitative estimate of drug-likeness (QED) is 0.704. The van der Waals surface area contributed by atoms with Gasteiger partial charge in [-0.15, -0.1) is 0 Å². The number of rotatable bonds is 3. The molecule has 2 aliphatic rings. The highest BCUT2D eigenvalue weighted by Gasteiger charge is 2.19. The molecule has 18 heavy (non-hydrogen) atoms. The Morgan fingerprint density at radius 3 is 3.28 bits per heavy atom. The van der Waals surface area contributed by atoms with Crippen LogP contribution in [0.3, 0.4) is 0 Å². The van der Waals surface area contributed by atoms with Crippen molar-refractivity contribution in [2.24, 2.45) is 0 Å². The molecule has 98 valence electrons. The Morgan fingerprint density at radius 1 is 1.50 bits per heavy atom. The molecule has 0 aromatic carbocycles. The molecular weight excluding hydrogens is 232 g/mol. The maximum atomic E-state index is 11.5. The number of nitrogens with zero attached hydrogens (tertiary/aromatic N) is 1. The third-order valence-electron chi connectivity index (χ3n) is 3.50. The van der Waals surface area contributed by atoms with E-state index in [1.165, 1.54) is 0 Å². The fourth-order valence-corrected chi connectivity index (χ4v) is 2.54. The zero-order valence-electron chi connectivity index (χ0n) is 10.3. The monoisotopic (exact) mass is 250 g/mol. The molecule has 1 fully saturated rings. The largest absolute Gasteiger partial charge is 0.376 e. The molecule has 0 aliphatic carbocycles. The third-order valence-corrected chi connectivity index (χ3v) is 3.50. The van der Waals surface area contributed by atoms with Crippen LogP contribution in [-0.2, 0) is 17.7 Å². The second kappa shape index (κ2) is 5.07. The van der Waals surface area contributed by atoms with E-state index in [1.807, 2.05) is 0 Å². The molecular formula is C12H18N4O2. The summed E-state index contributed by atoms with van der Waals surface area (Å²) in [6.45, 7) is 3.23. The summed E-state index contributed by atoms with van der Waals surface area (Å²) in [5, 5.41) is 6.55. The van der Waals surface area contributed by atoms with Gasteiger partial charge in [-0.1, -0.05) is 0 Å². The van der Waals surface area contributed by atoms with E-state index >= 15 is 0 Å². The molecule has 6 nitrogen and oxygen atoms in total. The fourth-order valence-electron chi connectivity index (χ4n) is 2.54. The van der Waals surface area contributed by atoms with Crippen molar-refractivity contribution in [1.29, 1.82) is 0 Å². The van der Waals surface area contributed by atoms with Gasteiger partial charge in [-0.2, -0.15) is 4.98 Å². The topological polar surface area (TPSA) is 79.0 Å². The Labute approximate surface area is 105 Å². The summed E-state index contributed by atoms with van der Waals surface area (Å²) in [7, 11) is 0. The van der Waals surface area contributed by atoms with Gasteiger partial charge in [0.2, 0.25) is 0 Å². The van der Waals surface area contributed by atoms with Crippen molar-refractivity contribution in [2.45, 2.75) is 31.9 Å². The molecule has 0 spiro atoms. The lowest BCUT2D eigenvalue weighted by Gasteiger charge is -2.20. The number of aromatic nitrogens is 2. The third kappa shape index (κ3) is 2.39. The van der Waals surface area contributed by atoms with Crippen LogP contribution in [0.25, 0.3) is 0 Å². The van der Waals surface area contributed by atoms with Crippen LogP contribution in [0.2, 0.25) is 0 Å². The van der Waals surface area contributed by atoms with Gasteiger partial charge >= 0.3 is 5.69 Å². The van der Waals surface area contributed by atoms with E-state index in [9.17, 15) is 4.79 Å². The van der Waals surface area contributed by atoms with Crippen LogP contribution in [0, 0.1) is 0 Å². The highest BCUT2D eigenvalue weighted by Crippen LogP contribution is 2.18. The van der Waals surface area contributed by atoms with Crippen molar-refractivity contribution < 1.29 is 4.74 Å². The van der Waals surface area contributed by atoms with Crippen molar-refractivity contribution >= 4 is 5.82 Å². The molecule has 0 radical (unpaired) electrons. The molecule has 3 N–H and O–H groups in total. The van der Waals surface area contributed by atoms with Gasteiger partial charge in [0.15, 0.2) is 0 Å². The normalized spacial score (nSPS) is 22.8. The first-order chi connectivity index (χ1) is 8.83. The minimum absolute atomic E-state index is 0.248. The summed E-state index contributed by atoms with van der Waals surface area (Å²) in [6, 6.07) is 0. The fraction of sp³-hybridized carbons (Fsp3) is 0.667. The van der Waals surface area contributed by atoms with Crippen LogP contribution < -0.4 is 16.3 Å². The van der Waals surface area contributed by atoms with Gasteiger partial charge in [0.25, 0.3) is 0 Å². The maximum absolute atomic E-state index is 11.5. The molecule has 6 heteroatoms. The molecule has 0 amide bonds. The first kappa shape index (κ1) is 11.7. The van der Waals surface area contributed by atoms with Crippen LogP contribution in [-0.4, -0.2) is 35.8 Å². The molecule has 1 aromatic heterocycles. The minimum Gasteiger partial charge on any atom is -0.376 e. The van der Waals surface area contributed by atoms with E-state index in [-0.39, 0.29) is 11.8 Å². The lowest BCUT2D eigenvalue weighted by atomic mass is 10.1. The number of ether oxygens (including phenoxy) is 1. The minimum atomic E-state index is -0.273. The number of hydrogen-bond acceptors (Lipinski definition) is 5. The van der Waals surface area contributed by atoms with Crippen LogP contribution in [0.4, 0.5) is 5.82 Å². The summed E-state index contributed by atoms with van der Waals surface area (Å²) in [5.41, 5.74) is 1.81. The Balaban J connectivity index is 1.77. The summed E-state index contributed by atoms with van der Waals surface area (Å²) in [5.74, 6) is 0.705. The second-order valence-corrected chi connectivity index (χ2v) is 4.79. The van der Waals surface area contributed by atoms with Gasteiger partial charge in [0, 0.05) is 43.9 Å². The van der Waals surface area contributed by atoms with Crippen LogP contribution in [0.1, 0.15) is 24.1 Å². The van der Waals surface area contributed by atoms with Gasteiger partial charge in [-0.05, 0) is 12.8 Å². The summed E-state index contributed by atoms with van der Waals surface area (Å²) < 4.78 is 5.56. The number of fused-ring (bicyclic) bond motifs is 1. The Hall–Kier alpha value is -1.40.